The summed E-state index contributed by atoms with van der Waals surface area (Å²) >= 11 is 0. The van der Waals surface area contributed by atoms with Crippen molar-refractivity contribution in [3.63, 3.8) is 0 Å². The number of nitrogens with zero attached hydrogens (tertiary/aromatic N) is 2. The molecule has 1 saturated heterocycles. The highest BCUT2D eigenvalue weighted by molar-refractivity contribution is 7.89. The maximum Gasteiger partial charge on any atom is 0.254 e. The van der Waals surface area contributed by atoms with Crippen molar-refractivity contribution >= 4 is 15.9 Å². The number of hydrogen-bond donors (Lipinski definition) is 1. The molecule has 0 saturated carbocycles. The lowest BCUT2D eigenvalue weighted by Gasteiger charge is -2.18. The number of sulfonamides is 1. The largest absolute Gasteiger partial charge is 0.488 e. The molecule has 30 heavy (non-hydrogen) atoms. The van der Waals surface area contributed by atoms with E-state index in [1.165, 1.54) is 28.8 Å². The number of halogens is 1. The minimum absolute atomic E-state index is 0.0502. The number of rotatable bonds is 7. The Morgan fingerprint density at radius 3 is 2.73 bits per heavy atom. The lowest BCUT2D eigenvalue weighted by molar-refractivity contribution is -0.130. The molecule has 0 radical (unpaired) electrons. The van der Waals surface area contributed by atoms with Gasteiger partial charge in [-0.3, -0.25) is 9.59 Å². The van der Waals surface area contributed by atoms with Crippen LogP contribution in [0.15, 0.2) is 46.1 Å². The molecule has 1 aromatic carbocycles. The lowest BCUT2D eigenvalue weighted by Crippen LogP contribution is -2.34. The quantitative estimate of drug-likeness (QED) is 0.702. The molecule has 0 aliphatic carbocycles. The maximum absolute atomic E-state index is 13.7. The van der Waals surface area contributed by atoms with Gasteiger partial charge in [0.25, 0.3) is 5.56 Å². The molecule has 2 aromatic rings. The summed E-state index contributed by atoms with van der Waals surface area (Å²) in [5.74, 6) is -0.605. The highest BCUT2D eigenvalue weighted by Gasteiger charge is 2.28. The van der Waals surface area contributed by atoms with Crippen LogP contribution in [0.4, 0.5) is 4.39 Å². The fourth-order valence-electron chi connectivity index (χ4n) is 3.24. The minimum Gasteiger partial charge on any atom is -0.488 e. The molecule has 1 aliphatic rings. The van der Waals surface area contributed by atoms with Crippen molar-refractivity contribution in [3.8, 4) is 5.75 Å². The Hall–Kier alpha value is -2.72. The van der Waals surface area contributed by atoms with Crippen molar-refractivity contribution in [2.75, 3.05) is 19.6 Å². The predicted octanol–water partition coefficient (Wildman–Crippen LogP) is 1.18. The third kappa shape index (κ3) is 5.06. The second-order valence-corrected chi connectivity index (χ2v) is 8.91. The summed E-state index contributed by atoms with van der Waals surface area (Å²) in [6.07, 6.45) is 0.322. The Labute approximate surface area is 174 Å². The van der Waals surface area contributed by atoms with Gasteiger partial charge in [-0.25, -0.2) is 17.5 Å². The third-order valence-electron chi connectivity index (χ3n) is 5.03. The van der Waals surface area contributed by atoms with Crippen LogP contribution in [0, 0.1) is 12.7 Å². The molecule has 1 fully saturated rings. The average molecular weight is 437 g/mol. The summed E-state index contributed by atoms with van der Waals surface area (Å²) < 4.78 is 47.6. The van der Waals surface area contributed by atoms with Crippen LogP contribution in [0.25, 0.3) is 0 Å². The van der Waals surface area contributed by atoms with Crippen LogP contribution in [-0.4, -0.2) is 49.5 Å². The van der Waals surface area contributed by atoms with E-state index in [1.54, 1.807) is 24.9 Å². The smallest absolute Gasteiger partial charge is 0.254 e. The van der Waals surface area contributed by atoms with Crippen molar-refractivity contribution in [2.45, 2.75) is 30.8 Å². The number of likely N-dealkylation sites (tertiary alicyclic amines) is 1. The van der Waals surface area contributed by atoms with Gasteiger partial charge in [-0.05, 0) is 25.1 Å². The first kappa shape index (κ1) is 22.0. The summed E-state index contributed by atoms with van der Waals surface area (Å²) in [6.45, 7) is 2.51. The lowest BCUT2D eigenvalue weighted by atomic mass is 10.3. The molecule has 1 aromatic heterocycles. The molecular formula is C20H24FN3O5S. The van der Waals surface area contributed by atoms with E-state index in [-0.39, 0.29) is 30.5 Å². The Bertz CT molecular complexity index is 1100. The van der Waals surface area contributed by atoms with E-state index in [4.69, 9.17) is 4.74 Å². The fourth-order valence-corrected chi connectivity index (χ4v) is 4.35. The fraction of sp³-hybridized carbons (Fsp3) is 0.400. The molecule has 1 unspecified atom stereocenters. The summed E-state index contributed by atoms with van der Waals surface area (Å²) in [6, 6.07) is 8.24. The van der Waals surface area contributed by atoms with Crippen LogP contribution in [-0.2, 0) is 21.9 Å². The first-order valence-corrected chi connectivity index (χ1v) is 11.0. The monoisotopic (exact) mass is 437 g/mol. The summed E-state index contributed by atoms with van der Waals surface area (Å²) in [7, 11) is -2.35. The third-order valence-corrected chi connectivity index (χ3v) is 6.53. The van der Waals surface area contributed by atoms with Gasteiger partial charge in [0.1, 0.15) is 22.6 Å². The van der Waals surface area contributed by atoms with Crippen molar-refractivity contribution in [1.29, 1.82) is 0 Å². The highest BCUT2D eigenvalue weighted by Crippen LogP contribution is 2.19. The Kier molecular flexibility index (Phi) is 6.57. The van der Waals surface area contributed by atoms with Crippen molar-refractivity contribution in [3.05, 3.63) is 58.3 Å². The number of nitrogens with one attached hydrogen (secondary N) is 1. The zero-order valence-electron chi connectivity index (χ0n) is 16.8. The number of pyridine rings is 1. The highest BCUT2D eigenvalue weighted by atomic mass is 32.2. The molecule has 8 nitrogen and oxygen atoms in total. The zero-order valence-corrected chi connectivity index (χ0v) is 17.6. The summed E-state index contributed by atoms with van der Waals surface area (Å²) in [4.78, 5) is 25.4. The second kappa shape index (κ2) is 8.97. The molecule has 0 bridgehead atoms. The normalized spacial score (nSPS) is 16.6. The van der Waals surface area contributed by atoms with Crippen LogP contribution in [0.3, 0.4) is 0 Å². The topological polar surface area (TPSA) is 97.7 Å². The van der Waals surface area contributed by atoms with Gasteiger partial charge >= 0.3 is 0 Å². The molecule has 10 heteroatoms. The molecule has 162 valence electrons. The molecule has 0 spiro atoms. The number of hydrogen-bond acceptors (Lipinski definition) is 5. The molecule has 2 heterocycles. The van der Waals surface area contributed by atoms with Crippen molar-refractivity contribution in [2.24, 2.45) is 7.05 Å². The first-order valence-electron chi connectivity index (χ1n) is 9.53. The number of ether oxygens (including phenoxy) is 1. The predicted molar refractivity (Wildman–Crippen MR) is 108 cm³/mol. The van der Waals surface area contributed by atoms with E-state index in [2.05, 4.69) is 4.72 Å². The summed E-state index contributed by atoms with van der Waals surface area (Å²) in [5, 5.41) is 0. The van der Waals surface area contributed by atoms with Gasteiger partial charge in [-0.15, -0.1) is 0 Å². The van der Waals surface area contributed by atoms with Crippen LogP contribution >= 0.6 is 0 Å². The second-order valence-electron chi connectivity index (χ2n) is 7.18. The summed E-state index contributed by atoms with van der Waals surface area (Å²) in [5.41, 5.74) is 0.601. The zero-order chi connectivity index (χ0) is 21.9. The van der Waals surface area contributed by atoms with E-state index >= 15 is 0 Å². The van der Waals surface area contributed by atoms with E-state index in [0.29, 0.717) is 25.3 Å². The molecule has 1 amide bonds. The van der Waals surface area contributed by atoms with Crippen LogP contribution in [0.5, 0.6) is 5.75 Å². The maximum atomic E-state index is 13.7. The number of aromatic nitrogens is 1. The van der Waals surface area contributed by atoms with Crippen LogP contribution in [0.2, 0.25) is 0 Å². The standard InChI is InChI=1S/C20H24FN3O5S/c1-14-11-16(12-20(26)23(14)2)29-15-8-10-24(13-15)19(25)7-9-22-30(27,28)18-6-4-3-5-17(18)21/h3-6,11-12,15,22H,7-10,13H2,1-2H3. The Morgan fingerprint density at radius 2 is 2.03 bits per heavy atom. The molecular weight excluding hydrogens is 413 g/mol. The van der Waals surface area contributed by atoms with E-state index in [1.807, 2.05) is 0 Å². The van der Waals surface area contributed by atoms with Gasteiger partial charge in [0.05, 0.1) is 6.54 Å². The van der Waals surface area contributed by atoms with E-state index in [0.717, 1.165) is 11.8 Å². The number of amides is 1. The SMILES string of the molecule is Cc1cc(OC2CCN(C(=O)CCNS(=O)(=O)c3ccccc3F)C2)cc(=O)n1C. The van der Waals surface area contributed by atoms with Gasteiger partial charge in [0, 0.05) is 44.7 Å². The Balaban J connectivity index is 1.50. The Morgan fingerprint density at radius 1 is 1.30 bits per heavy atom. The van der Waals surface area contributed by atoms with Crippen molar-refractivity contribution < 1.29 is 22.3 Å². The number of aryl methyl sites for hydroxylation is 1. The number of carbonyl (C=O) groups is 1. The van der Waals surface area contributed by atoms with Gasteiger partial charge in [-0.2, -0.15) is 0 Å². The minimum atomic E-state index is -4.03. The van der Waals surface area contributed by atoms with Gasteiger partial charge in [0.2, 0.25) is 15.9 Å². The molecule has 1 atom stereocenters. The van der Waals surface area contributed by atoms with Crippen molar-refractivity contribution in [1.82, 2.24) is 14.2 Å². The van der Waals surface area contributed by atoms with Gasteiger partial charge < -0.3 is 14.2 Å². The van der Waals surface area contributed by atoms with E-state index < -0.39 is 20.7 Å². The van der Waals surface area contributed by atoms with Gasteiger partial charge in [0.15, 0.2) is 0 Å². The van der Waals surface area contributed by atoms with Crippen LogP contribution < -0.4 is 15.0 Å². The molecule has 1 N–H and O–H groups in total. The van der Waals surface area contributed by atoms with Gasteiger partial charge in [-0.1, -0.05) is 12.1 Å². The van der Waals surface area contributed by atoms with E-state index in [9.17, 15) is 22.4 Å². The average Bonchev–Trinajstić information content (AvgIpc) is 3.14. The first-order chi connectivity index (χ1) is 14.2. The number of carbonyl (C=O) groups excluding carboxylic acids is 1. The molecule has 3 rings (SSSR count). The number of benzene rings is 1. The molecule has 1 aliphatic heterocycles. The van der Waals surface area contributed by atoms with Crippen LogP contribution in [0.1, 0.15) is 18.5 Å².